The van der Waals surface area contributed by atoms with E-state index >= 15 is 0 Å². The van der Waals surface area contributed by atoms with Gasteiger partial charge in [0.2, 0.25) is 5.91 Å². The van der Waals surface area contributed by atoms with Gasteiger partial charge in [-0.1, -0.05) is 12.1 Å². The van der Waals surface area contributed by atoms with Crippen molar-refractivity contribution in [2.45, 2.75) is 38.1 Å². The summed E-state index contributed by atoms with van der Waals surface area (Å²) in [4.78, 5) is 29.3. The van der Waals surface area contributed by atoms with E-state index in [9.17, 15) is 14.7 Å². The molecule has 2 aromatic rings. The van der Waals surface area contributed by atoms with Crippen LogP contribution in [0.5, 0.6) is 0 Å². The molecule has 1 fully saturated rings. The van der Waals surface area contributed by atoms with Crippen LogP contribution >= 0.6 is 0 Å². The Labute approximate surface area is 127 Å². The molecule has 1 aliphatic rings. The normalized spacial score (nSPS) is 18.5. The quantitative estimate of drug-likeness (QED) is 0.936. The lowest BCUT2D eigenvalue weighted by Crippen LogP contribution is -2.48. The number of amides is 1. The number of carboxylic acid groups (broad SMARTS) is 1. The lowest BCUT2D eigenvalue weighted by molar-refractivity contribution is -0.152. The molecule has 6 nitrogen and oxygen atoms in total. The number of benzene rings is 1. The van der Waals surface area contributed by atoms with Crippen molar-refractivity contribution >= 4 is 23.0 Å². The van der Waals surface area contributed by atoms with Crippen LogP contribution in [0, 0.1) is 0 Å². The van der Waals surface area contributed by atoms with Crippen LogP contribution in [-0.2, 0) is 16.0 Å². The van der Waals surface area contributed by atoms with Gasteiger partial charge < -0.3 is 14.4 Å². The number of hydrogen-bond donors (Lipinski definition) is 1. The van der Waals surface area contributed by atoms with Crippen LogP contribution in [0.2, 0.25) is 0 Å². The Kier molecular flexibility index (Phi) is 4.09. The zero-order valence-corrected chi connectivity index (χ0v) is 12.2. The summed E-state index contributed by atoms with van der Waals surface area (Å²) < 4.78 is 5.58. The van der Waals surface area contributed by atoms with Crippen molar-refractivity contribution < 1.29 is 19.1 Å². The Balaban J connectivity index is 1.64. The standard InChI is InChI=1S/C16H18N2O4/c19-15(18-10-4-3-6-12(18)16(20)21)9-8-14-17-11-5-1-2-7-13(11)22-14/h1-2,5,7,12H,3-4,6,8-10H2,(H,20,21). The number of piperidine rings is 1. The highest BCUT2D eigenvalue weighted by molar-refractivity contribution is 5.84. The Morgan fingerprint density at radius 1 is 1.32 bits per heavy atom. The number of carboxylic acids is 1. The maximum absolute atomic E-state index is 12.3. The minimum atomic E-state index is -0.921. The molecule has 2 heterocycles. The molecule has 6 heteroatoms. The Bertz CT molecular complexity index is 661. The molecule has 0 bridgehead atoms. The number of para-hydroxylation sites is 2. The van der Waals surface area contributed by atoms with Crippen molar-refractivity contribution in [3.8, 4) is 0 Å². The zero-order chi connectivity index (χ0) is 15.5. The van der Waals surface area contributed by atoms with Crippen molar-refractivity contribution in [1.82, 2.24) is 9.88 Å². The Hall–Kier alpha value is -2.37. The number of carbonyl (C=O) groups excluding carboxylic acids is 1. The number of carbonyl (C=O) groups is 2. The largest absolute Gasteiger partial charge is 0.480 e. The van der Waals surface area contributed by atoms with Crippen LogP contribution in [-0.4, -0.2) is 39.5 Å². The van der Waals surface area contributed by atoms with Crippen LogP contribution in [0.4, 0.5) is 0 Å². The van der Waals surface area contributed by atoms with E-state index in [1.807, 2.05) is 24.3 Å². The lowest BCUT2D eigenvalue weighted by Gasteiger charge is -2.32. The number of oxazole rings is 1. The number of hydrogen-bond acceptors (Lipinski definition) is 4. The number of aliphatic carboxylic acids is 1. The topological polar surface area (TPSA) is 83.6 Å². The molecule has 3 rings (SSSR count). The summed E-state index contributed by atoms with van der Waals surface area (Å²) in [6.07, 6.45) is 2.85. The van der Waals surface area contributed by atoms with Crippen molar-refractivity contribution in [2.24, 2.45) is 0 Å². The van der Waals surface area contributed by atoms with Crippen LogP contribution in [0.15, 0.2) is 28.7 Å². The molecule has 0 aliphatic carbocycles. The molecule has 1 aromatic carbocycles. The van der Waals surface area contributed by atoms with Crippen LogP contribution in [0.25, 0.3) is 11.1 Å². The molecule has 1 N–H and O–H groups in total. The van der Waals surface area contributed by atoms with E-state index in [2.05, 4.69) is 4.98 Å². The van der Waals surface area contributed by atoms with Crippen molar-refractivity contribution in [1.29, 1.82) is 0 Å². The first kappa shape index (κ1) is 14.6. The van der Waals surface area contributed by atoms with Crippen LogP contribution in [0.3, 0.4) is 0 Å². The van der Waals surface area contributed by atoms with E-state index in [1.165, 1.54) is 4.90 Å². The SMILES string of the molecule is O=C(O)C1CCCCN1C(=O)CCc1nc2ccccc2o1. The number of rotatable bonds is 4. The van der Waals surface area contributed by atoms with Gasteiger partial charge in [0.15, 0.2) is 11.5 Å². The molecule has 0 saturated carbocycles. The molecule has 0 spiro atoms. The highest BCUT2D eigenvalue weighted by Crippen LogP contribution is 2.20. The van der Waals surface area contributed by atoms with Crippen molar-refractivity contribution in [3.63, 3.8) is 0 Å². The third-order valence-corrected chi connectivity index (χ3v) is 4.00. The molecule has 1 aromatic heterocycles. The van der Waals surface area contributed by atoms with E-state index in [0.717, 1.165) is 18.4 Å². The molecule has 1 saturated heterocycles. The summed E-state index contributed by atoms with van der Waals surface area (Å²) in [7, 11) is 0. The number of likely N-dealkylation sites (tertiary alicyclic amines) is 1. The summed E-state index contributed by atoms with van der Waals surface area (Å²) in [5, 5.41) is 9.21. The van der Waals surface area contributed by atoms with Gasteiger partial charge in [-0.05, 0) is 31.4 Å². The van der Waals surface area contributed by atoms with E-state index in [0.29, 0.717) is 30.9 Å². The minimum absolute atomic E-state index is 0.144. The first-order valence-corrected chi connectivity index (χ1v) is 7.52. The fourth-order valence-corrected chi connectivity index (χ4v) is 2.87. The van der Waals surface area contributed by atoms with Gasteiger partial charge in [0.1, 0.15) is 11.6 Å². The average Bonchev–Trinajstić information content (AvgIpc) is 2.95. The summed E-state index contributed by atoms with van der Waals surface area (Å²) >= 11 is 0. The third kappa shape index (κ3) is 2.95. The van der Waals surface area contributed by atoms with Crippen molar-refractivity contribution in [3.05, 3.63) is 30.2 Å². The van der Waals surface area contributed by atoms with Gasteiger partial charge in [0.05, 0.1) is 0 Å². The molecule has 116 valence electrons. The van der Waals surface area contributed by atoms with Gasteiger partial charge in [-0.25, -0.2) is 9.78 Å². The first-order chi connectivity index (χ1) is 10.6. The molecule has 1 atom stereocenters. The number of nitrogens with zero attached hydrogens (tertiary/aromatic N) is 2. The van der Waals surface area contributed by atoms with E-state index in [4.69, 9.17) is 4.42 Å². The fourth-order valence-electron chi connectivity index (χ4n) is 2.87. The van der Waals surface area contributed by atoms with Crippen LogP contribution in [0.1, 0.15) is 31.6 Å². The fraction of sp³-hybridized carbons (Fsp3) is 0.438. The van der Waals surface area contributed by atoms with Gasteiger partial charge in [-0.15, -0.1) is 0 Å². The second kappa shape index (κ2) is 6.17. The molecule has 1 aliphatic heterocycles. The highest BCUT2D eigenvalue weighted by Gasteiger charge is 2.31. The molecule has 1 unspecified atom stereocenters. The molecule has 1 amide bonds. The van der Waals surface area contributed by atoms with Crippen molar-refractivity contribution in [2.75, 3.05) is 6.54 Å². The molecule has 0 radical (unpaired) electrons. The van der Waals surface area contributed by atoms with Crippen LogP contribution < -0.4 is 0 Å². The average molecular weight is 302 g/mol. The smallest absolute Gasteiger partial charge is 0.326 e. The van der Waals surface area contributed by atoms with Gasteiger partial charge >= 0.3 is 5.97 Å². The molecular weight excluding hydrogens is 284 g/mol. The Morgan fingerprint density at radius 3 is 2.91 bits per heavy atom. The summed E-state index contributed by atoms with van der Waals surface area (Å²) in [5.41, 5.74) is 1.47. The summed E-state index contributed by atoms with van der Waals surface area (Å²) in [5.74, 6) is -0.553. The second-order valence-corrected chi connectivity index (χ2v) is 5.51. The van der Waals surface area contributed by atoms with Gasteiger partial charge in [-0.2, -0.15) is 0 Å². The number of fused-ring (bicyclic) bond motifs is 1. The third-order valence-electron chi connectivity index (χ3n) is 4.00. The lowest BCUT2D eigenvalue weighted by atomic mass is 10.0. The Morgan fingerprint density at radius 2 is 2.14 bits per heavy atom. The number of aromatic nitrogens is 1. The zero-order valence-electron chi connectivity index (χ0n) is 12.2. The van der Waals surface area contributed by atoms with Gasteiger partial charge in [0.25, 0.3) is 0 Å². The van der Waals surface area contributed by atoms with E-state index in [-0.39, 0.29) is 12.3 Å². The highest BCUT2D eigenvalue weighted by atomic mass is 16.4. The second-order valence-electron chi connectivity index (χ2n) is 5.51. The summed E-state index contributed by atoms with van der Waals surface area (Å²) in [6, 6.07) is 6.75. The molecule has 22 heavy (non-hydrogen) atoms. The van der Waals surface area contributed by atoms with Gasteiger partial charge in [-0.3, -0.25) is 4.79 Å². The maximum Gasteiger partial charge on any atom is 0.326 e. The minimum Gasteiger partial charge on any atom is -0.480 e. The van der Waals surface area contributed by atoms with Gasteiger partial charge in [0, 0.05) is 19.4 Å². The maximum atomic E-state index is 12.3. The summed E-state index contributed by atoms with van der Waals surface area (Å²) in [6.45, 7) is 0.517. The monoisotopic (exact) mass is 302 g/mol. The van der Waals surface area contributed by atoms with E-state index in [1.54, 1.807) is 0 Å². The van der Waals surface area contributed by atoms with E-state index < -0.39 is 12.0 Å². The first-order valence-electron chi connectivity index (χ1n) is 7.52. The molecular formula is C16H18N2O4. The predicted molar refractivity (Wildman–Crippen MR) is 79.3 cm³/mol. The number of aryl methyl sites for hydroxylation is 1. The predicted octanol–water partition coefficient (Wildman–Crippen LogP) is 2.23.